The minimum Gasteiger partial charge on any atom is -0.464 e. The topological polar surface area (TPSA) is 55.8 Å². The Morgan fingerprint density at radius 2 is 1.19 bits per heavy atom. The molecule has 0 aromatic carbocycles. The van der Waals surface area contributed by atoms with E-state index in [-0.39, 0.29) is 5.97 Å². The van der Waals surface area contributed by atoms with E-state index < -0.39 is 12.1 Å². The molecule has 1 aliphatic heterocycles. The van der Waals surface area contributed by atoms with Crippen molar-refractivity contribution in [1.29, 1.82) is 0 Å². The van der Waals surface area contributed by atoms with Crippen molar-refractivity contribution in [2.24, 2.45) is 0 Å². The lowest BCUT2D eigenvalue weighted by Crippen LogP contribution is -2.41. The summed E-state index contributed by atoms with van der Waals surface area (Å²) in [5.74, 6) is -0.272. The molecule has 0 radical (unpaired) electrons. The van der Waals surface area contributed by atoms with Gasteiger partial charge >= 0.3 is 12.1 Å². The molecule has 1 amide bonds. The van der Waals surface area contributed by atoms with Crippen LogP contribution in [0.2, 0.25) is 0 Å². The van der Waals surface area contributed by atoms with Crippen molar-refractivity contribution in [1.82, 2.24) is 4.90 Å². The van der Waals surface area contributed by atoms with E-state index in [4.69, 9.17) is 9.47 Å². The number of esters is 1. The van der Waals surface area contributed by atoms with Gasteiger partial charge in [0.05, 0.1) is 13.2 Å². The Morgan fingerprint density at radius 1 is 0.710 bits per heavy atom. The van der Waals surface area contributed by atoms with E-state index in [1.807, 2.05) is 0 Å². The first-order valence-corrected chi connectivity index (χ1v) is 13.3. The lowest BCUT2D eigenvalue weighted by Gasteiger charge is -2.22. The molecule has 0 unspecified atom stereocenters. The number of carbonyl (C=O) groups is 2. The molecule has 1 heterocycles. The summed E-state index contributed by atoms with van der Waals surface area (Å²) in [5.41, 5.74) is 0. The highest BCUT2D eigenvalue weighted by molar-refractivity contribution is 5.82. The van der Waals surface area contributed by atoms with Crippen LogP contribution in [0.3, 0.4) is 0 Å². The van der Waals surface area contributed by atoms with Crippen LogP contribution in [0, 0.1) is 0 Å². The minimum atomic E-state index is -0.458. The van der Waals surface area contributed by atoms with Gasteiger partial charge in [-0.2, -0.15) is 0 Å². The highest BCUT2D eigenvalue weighted by Crippen LogP contribution is 2.20. The summed E-state index contributed by atoms with van der Waals surface area (Å²) < 4.78 is 10.4. The van der Waals surface area contributed by atoms with Gasteiger partial charge in [0, 0.05) is 6.54 Å². The second-order valence-corrected chi connectivity index (χ2v) is 9.02. The predicted octanol–water partition coefficient (Wildman–Crippen LogP) is 7.41. The fourth-order valence-corrected chi connectivity index (χ4v) is 4.36. The maximum Gasteiger partial charge on any atom is 0.410 e. The Bertz CT molecular complexity index is 455. The maximum absolute atomic E-state index is 12.3. The van der Waals surface area contributed by atoms with Gasteiger partial charge in [-0.25, -0.2) is 9.59 Å². The molecule has 1 atom stereocenters. The van der Waals surface area contributed by atoms with Gasteiger partial charge in [-0.3, -0.25) is 4.90 Å². The van der Waals surface area contributed by atoms with Gasteiger partial charge in [0.2, 0.25) is 0 Å². The largest absolute Gasteiger partial charge is 0.464 e. The van der Waals surface area contributed by atoms with E-state index in [9.17, 15) is 9.59 Å². The number of likely N-dealkylation sites (tertiary alicyclic amines) is 1. The van der Waals surface area contributed by atoms with Gasteiger partial charge in [-0.1, -0.05) is 103 Å². The summed E-state index contributed by atoms with van der Waals surface area (Å²) in [6.45, 7) is 5.43. The summed E-state index contributed by atoms with van der Waals surface area (Å²) >= 11 is 0. The number of amides is 1. The van der Waals surface area contributed by atoms with Crippen LogP contribution in [0.4, 0.5) is 4.79 Å². The SMILES string of the molecule is CCCCCCCCCCCCCCCCCCOC(=O)[C@@H]1CCCN1C(=O)OCC. The number of rotatable bonds is 19. The predicted molar refractivity (Wildman–Crippen MR) is 127 cm³/mol. The highest BCUT2D eigenvalue weighted by Gasteiger charge is 2.36. The average Bonchev–Trinajstić information content (AvgIpc) is 3.26. The number of carbonyl (C=O) groups excluding carboxylic acids is 2. The lowest BCUT2D eigenvalue weighted by molar-refractivity contribution is -0.148. The normalized spacial score (nSPS) is 15.9. The van der Waals surface area contributed by atoms with Gasteiger partial charge in [0.25, 0.3) is 0 Å². The maximum atomic E-state index is 12.3. The zero-order chi connectivity index (χ0) is 22.6. The fraction of sp³-hybridized carbons (Fsp3) is 0.923. The number of hydrogen-bond donors (Lipinski definition) is 0. The van der Waals surface area contributed by atoms with Crippen LogP contribution in [0.1, 0.15) is 129 Å². The van der Waals surface area contributed by atoms with E-state index in [0.717, 1.165) is 19.3 Å². The molecule has 0 aliphatic carbocycles. The molecule has 1 fully saturated rings. The fourth-order valence-electron chi connectivity index (χ4n) is 4.36. The molecule has 0 spiro atoms. The quantitative estimate of drug-likeness (QED) is 0.155. The molecule has 1 saturated heterocycles. The number of ether oxygens (including phenoxy) is 2. The molecular formula is C26H49NO4. The smallest absolute Gasteiger partial charge is 0.410 e. The monoisotopic (exact) mass is 439 g/mol. The van der Waals surface area contributed by atoms with Crippen molar-refractivity contribution in [3.63, 3.8) is 0 Å². The van der Waals surface area contributed by atoms with E-state index >= 15 is 0 Å². The third-order valence-corrected chi connectivity index (χ3v) is 6.27. The molecule has 5 nitrogen and oxygen atoms in total. The van der Waals surface area contributed by atoms with Crippen LogP contribution in [-0.2, 0) is 14.3 Å². The first-order chi connectivity index (χ1) is 15.2. The molecule has 5 heteroatoms. The van der Waals surface area contributed by atoms with Crippen LogP contribution >= 0.6 is 0 Å². The summed E-state index contributed by atoms with van der Waals surface area (Å²) in [5, 5.41) is 0. The molecule has 1 aliphatic rings. The Kier molecular flexibility index (Phi) is 17.4. The first kappa shape index (κ1) is 27.8. The van der Waals surface area contributed by atoms with Crippen molar-refractivity contribution in [3.8, 4) is 0 Å². The van der Waals surface area contributed by atoms with E-state index in [1.54, 1.807) is 6.92 Å². The van der Waals surface area contributed by atoms with Crippen LogP contribution in [-0.4, -0.2) is 42.8 Å². The number of unbranched alkanes of at least 4 members (excludes halogenated alkanes) is 15. The zero-order valence-electron chi connectivity index (χ0n) is 20.5. The van der Waals surface area contributed by atoms with E-state index in [2.05, 4.69) is 6.92 Å². The van der Waals surface area contributed by atoms with Crippen molar-refractivity contribution in [2.45, 2.75) is 135 Å². The second kappa shape index (κ2) is 19.4. The molecule has 31 heavy (non-hydrogen) atoms. The van der Waals surface area contributed by atoms with E-state index in [0.29, 0.717) is 26.2 Å². The van der Waals surface area contributed by atoms with Crippen LogP contribution in [0.5, 0.6) is 0 Å². The first-order valence-electron chi connectivity index (χ1n) is 13.3. The van der Waals surface area contributed by atoms with Crippen LogP contribution < -0.4 is 0 Å². The van der Waals surface area contributed by atoms with Gasteiger partial charge in [0.1, 0.15) is 6.04 Å². The highest BCUT2D eigenvalue weighted by atomic mass is 16.6. The Morgan fingerprint density at radius 3 is 1.68 bits per heavy atom. The third kappa shape index (κ3) is 13.7. The van der Waals surface area contributed by atoms with Gasteiger partial charge in [-0.05, 0) is 26.2 Å². The number of hydrogen-bond acceptors (Lipinski definition) is 4. The molecule has 0 N–H and O–H groups in total. The van der Waals surface area contributed by atoms with Gasteiger partial charge < -0.3 is 9.47 Å². The average molecular weight is 440 g/mol. The molecule has 1 rings (SSSR count). The minimum absolute atomic E-state index is 0.272. The lowest BCUT2D eigenvalue weighted by atomic mass is 10.0. The molecule has 0 aromatic heterocycles. The van der Waals surface area contributed by atoms with Crippen molar-refractivity contribution >= 4 is 12.1 Å². The summed E-state index contributed by atoms with van der Waals surface area (Å²) in [7, 11) is 0. The summed E-state index contributed by atoms with van der Waals surface area (Å²) in [6, 6.07) is -0.458. The molecule has 0 bridgehead atoms. The second-order valence-electron chi connectivity index (χ2n) is 9.02. The van der Waals surface area contributed by atoms with E-state index in [1.165, 1.54) is 94.8 Å². The summed E-state index contributed by atoms with van der Waals surface area (Å²) in [4.78, 5) is 25.7. The van der Waals surface area contributed by atoms with Gasteiger partial charge in [0.15, 0.2) is 0 Å². The zero-order valence-corrected chi connectivity index (χ0v) is 20.5. The van der Waals surface area contributed by atoms with Crippen molar-refractivity contribution < 1.29 is 19.1 Å². The summed E-state index contributed by atoms with van der Waals surface area (Å²) in [6.07, 6.45) is 22.4. The van der Waals surface area contributed by atoms with Crippen molar-refractivity contribution in [3.05, 3.63) is 0 Å². The van der Waals surface area contributed by atoms with Crippen LogP contribution in [0.25, 0.3) is 0 Å². The Hall–Kier alpha value is -1.26. The van der Waals surface area contributed by atoms with Crippen LogP contribution in [0.15, 0.2) is 0 Å². The van der Waals surface area contributed by atoms with Gasteiger partial charge in [-0.15, -0.1) is 0 Å². The third-order valence-electron chi connectivity index (χ3n) is 6.27. The molecular weight excluding hydrogens is 390 g/mol. The molecule has 0 saturated carbocycles. The Labute approximate surface area is 191 Å². The molecule has 182 valence electrons. The standard InChI is InChI=1S/C26H49NO4/c1-3-5-6-7-8-9-10-11-12-13-14-15-16-17-18-19-23-31-25(28)24-21-20-22-27(24)26(29)30-4-2/h24H,3-23H2,1-2H3/t24-/m0/s1. The molecule has 0 aromatic rings. The van der Waals surface area contributed by atoms with Crippen molar-refractivity contribution in [2.75, 3.05) is 19.8 Å². The Balaban J connectivity index is 1.86. The number of nitrogens with zero attached hydrogens (tertiary/aromatic N) is 1.